The molecule has 0 bridgehead atoms. The monoisotopic (exact) mass is 286 g/mol. The minimum absolute atomic E-state index is 0.192. The molecule has 0 spiro atoms. The van der Waals surface area contributed by atoms with Crippen LogP contribution in [0.2, 0.25) is 0 Å². The van der Waals surface area contributed by atoms with Gasteiger partial charge in [-0.2, -0.15) is 0 Å². The Kier molecular flexibility index (Phi) is 4.16. The number of hydrogen-bond acceptors (Lipinski definition) is 3. The zero-order valence-electron chi connectivity index (χ0n) is 13.3. The van der Waals surface area contributed by atoms with Crippen molar-refractivity contribution >= 4 is 17.5 Å². The molecule has 0 unspecified atom stereocenters. The molecule has 0 atom stereocenters. The molecule has 21 heavy (non-hydrogen) atoms. The Labute approximate surface area is 125 Å². The van der Waals surface area contributed by atoms with Gasteiger partial charge in [0.05, 0.1) is 17.8 Å². The summed E-state index contributed by atoms with van der Waals surface area (Å²) in [4.78, 5) is 16.4. The van der Waals surface area contributed by atoms with Crippen LogP contribution < -0.4 is 5.32 Å². The Morgan fingerprint density at radius 2 is 2.05 bits per heavy atom. The van der Waals surface area contributed by atoms with Crippen molar-refractivity contribution in [3.8, 4) is 0 Å². The molecule has 4 nitrogen and oxygen atoms in total. The first-order valence-corrected chi connectivity index (χ1v) is 7.17. The number of carbonyl (C=O) groups is 1. The smallest absolute Gasteiger partial charge is 0.332 e. The molecule has 1 aromatic carbocycles. The van der Waals surface area contributed by atoms with Crippen LogP contribution in [-0.4, -0.2) is 24.0 Å². The highest BCUT2D eigenvalue weighted by molar-refractivity contribution is 6.14. The summed E-state index contributed by atoms with van der Waals surface area (Å²) in [5.41, 5.74) is 3.72. The summed E-state index contributed by atoms with van der Waals surface area (Å²) in [6.45, 7) is 10.3. The molecule has 0 saturated carbocycles. The Morgan fingerprint density at radius 1 is 1.33 bits per heavy atom. The van der Waals surface area contributed by atoms with E-state index in [0.29, 0.717) is 6.61 Å². The molecule has 1 aliphatic rings. The standard InChI is InChI=1S/C17H22N2O2/c1-6-21-15(20)10-14-12-8-7-11(2)9-13(12)16(18-14)19-17(3,4)5/h7-10H,6H2,1-5H3,(H,18,19)/b14-10+. The van der Waals surface area contributed by atoms with Crippen molar-refractivity contribution in [3.05, 3.63) is 41.0 Å². The van der Waals surface area contributed by atoms with E-state index >= 15 is 0 Å². The molecular weight excluding hydrogens is 264 g/mol. The summed E-state index contributed by atoms with van der Waals surface area (Å²) in [7, 11) is 0. The molecule has 2 rings (SSSR count). The van der Waals surface area contributed by atoms with Crippen LogP contribution in [0, 0.1) is 6.92 Å². The van der Waals surface area contributed by atoms with E-state index < -0.39 is 0 Å². The van der Waals surface area contributed by atoms with Crippen LogP contribution in [0.5, 0.6) is 0 Å². The number of fused-ring (bicyclic) bond motifs is 1. The normalized spacial score (nSPS) is 17.8. The Hall–Kier alpha value is -2.10. The molecular formula is C17H22N2O2. The van der Waals surface area contributed by atoms with Gasteiger partial charge in [-0.15, -0.1) is 0 Å². The number of nitrogens with one attached hydrogen (secondary N) is 1. The second-order valence-electron chi connectivity index (χ2n) is 6.12. The van der Waals surface area contributed by atoms with Gasteiger partial charge in [0, 0.05) is 17.2 Å². The first-order valence-electron chi connectivity index (χ1n) is 7.17. The molecule has 0 saturated heterocycles. The lowest BCUT2D eigenvalue weighted by molar-refractivity contribution is -0.137. The van der Waals surface area contributed by atoms with Crippen molar-refractivity contribution in [1.29, 1.82) is 0 Å². The topological polar surface area (TPSA) is 50.7 Å². The first kappa shape index (κ1) is 15.3. The van der Waals surface area contributed by atoms with Crippen molar-refractivity contribution in [2.24, 2.45) is 4.99 Å². The van der Waals surface area contributed by atoms with Gasteiger partial charge in [-0.1, -0.05) is 17.7 Å². The van der Waals surface area contributed by atoms with Crippen LogP contribution in [-0.2, 0) is 9.53 Å². The van der Waals surface area contributed by atoms with Crippen molar-refractivity contribution in [1.82, 2.24) is 5.32 Å². The average Bonchev–Trinajstić information content (AvgIpc) is 2.65. The third-order valence-electron chi connectivity index (χ3n) is 2.97. The molecule has 0 fully saturated rings. The molecule has 4 heteroatoms. The van der Waals surface area contributed by atoms with Crippen LogP contribution in [0.25, 0.3) is 5.70 Å². The molecule has 112 valence electrons. The van der Waals surface area contributed by atoms with E-state index in [4.69, 9.17) is 9.73 Å². The van der Waals surface area contributed by atoms with Gasteiger partial charge in [0.15, 0.2) is 0 Å². The number of hydrogen-bond donors (Lipinski definition) is 1. The maximum Gasteiger partial charge on any atom is 0.332 e. The fourth-order valence-corrected chi connectivity index (χ4v) is 2.19. The predicted octanol–water partition coefficient (Wildman–Crippen LogP) is 3.05. The molecule has 1 heterocycles. The maximum atomic E-state index is 11.7. The van der Waals surface area contributed by atoms with E-state index in [2.05, 4.69) is 11.4 Å². The minimum Gasteiger partial charge on any atom is -0.463 e. The lowest BCUT2D eigenvalue weighted by Gasteiger charge is -2.14. The fourth-order valence-electron chi connectivity index (χ4n) is 2.19. The number of aliphatic imine (C=N–C) groups is 1. The van der Waals surface area contributed by atoms with Crippen molar-refractivity contribution in [3.63, 3.8) is 0 Å². The van der Waals surface area contributed by atoms with E-state index in [1.807, 2.05) is 39.8 Å². The number of aryl methyl sites for hydroxylation is 1. The zero-order valence-corrected chi connectivity index (χ0v) is 13.3. The third kappa shape index (κ3) is 3.72. The lowest BCUT2D eigenvalue weighted by atomic mass is 10.0. The summed E-state index contributed by atoms with van der Waals surface area (Å²) in [6.07, 6.45) is 1.49. The number of carbonyl (C=O) groups excluding carboxylic acids is 1. The van der Waals surface area contributed by atoms with E-state index in [-0.39, 0.29) is 11.5 Å². The first-order chi connectivity index (χ1) is 9.80. The summed E-state index contributed by atoms with van der Waals surface area (Å²) in [5.74, 6) is 0.459. The number of nitrogens with zero attached hydrogens (tertiary/aromatic N) is 1. The van der Waals surface area contributed by atoms with Crippen LogP contribution in [0.15, 0.2) is 29.3 Å². The fraction of sp³-hybridized carbons (Fsp3) is 0.412. The number of rotatable bonds is 2. The van der Waals surface area contributed by atoms with Gasteiger partial charge in [0.1, 0.15) is 5.84 Å². The van der Waals surface area contributed by atoms with Crippen LogP contribution >= 0.6 is 0 Å². The second kappa shape index (κ2) is 5.72. The van der Waals surface area contributed by atoms with Gasteiger partial charge in [-0.3, -0.25) is 4.99 Å². The van der Waals surface area contributed by atoms with Gasteiger partial charge >= 0.3 is 5.97 Å². The highest BCUT2D eigenvalue weighted by Crippen LogP contribution is 2.27. The van der Waals surface area contributed by atoms with E-state index in [1.165, 1.54) is 6.08 Å². The lowest BCUT2D eigenvalue weighted by Crippen LogP contribution is -2.22. The maximum absolute atomic E-state index is 11.7. The quantitative estimate of drug-likeness (QED) is 0.671. The SMILES string of the molecule is CCOC(=O)/C=C1/NC(=NC(C)(C)C)c2cc(C)ccc21. The largest absolute Gasteiger partial charge is 0.463 e. The van der Waals surface area contributed by atoms with Crippen LogP contribution in [0.4, 0.5) is 0 Å². The summed E-state index contributed by atoms with van der Waals surface area (Å²) >= 11 is 0. The van der Waals surface area contributed by atoms with Crippen molar-refractivity contribution < 1.29 is 9.53 Å². The van der Waals surface area contributed by atoms with Crippen LogP contribution in [0.3, 0.4) is 0 Å². The number of ether oxygens (including phenoxy) is 1. The zero-order chi connectivity index (χ0) is 15.6. The van der Waals surface area contributed by atoms with Gasteiger partial charge in [-0.05, 0) is 40.7 Å². The van der Waals surface area contributed by atoms with Gasteiger partial charge in [0.2, 0.25) is 0 Å². The Bertz CT molecular complexity index is 622. The summed E-state index contributed by atoms with van der Waals surface area (Å²) in [6, 6.07) is 6.12. The number of amidine groups is 1. The molecule has 1 aliphatic heterocycles. The molecule has 1 aromatic rings. The molecule has 0 aliphatic carbocycles. The van der Waals surface area contributed by atoms with E-state index in [9.17, 15) is 4.79 Å². The molecule has 0 radical (unpaired) electrons. The van der Waals surface area contributed by atoms with Crippen LogP contribution in [0.1, 0.15) is 44.4 Å². The van der Waals surface area contributed by atoms with Gasteiger partial charge < -0.3 is 10.1 Å². The van der Waals surface area contributed by atoms with Crippen molar-refractivity contribution in [2.75, 3.05) is 6.61 Å². The summed E-state index contributed by atoms with van der Waals surface area (Å²) < 4.78 is 4.98. The van der Waals surface area contributed by atoms with Crippen molar-refractivity contribution in [2.45, 2.75) is 40.2 Å². The molecule has 1 N–H and O–H groups in total. The average molecular weight is 286 g/mol. The number of benzene rings is 1. The second-order valence-corrected chi connectivity index (χ2v) is 6.12. The molecule has 0 aromatic heterocycles. The van der Waals surface area contributed by atoms with E-state index in [0.717, 1.165) is 28.2 Å². The Balaban J connectivity index is 2.47. The Morgan fingerprint density at radius 3 is 2.67 bits per heavy atom. The highest BCUT2D eigenvalue weighted by atomic mass is 16.5. The highest BCUT2D eigenvalue weighted by Gasteiger charge is 2.24. The summed E-state index contributed by atoms with van der Waals surface area (Å²) in [5, 5.41) is 3.24. The van der Waals surface area contributed by atoms with Gasteiger partial charge in [0.25, 0.3) is 0 Å². The van der Waals surface area contributed by atoms with E-state index in [1.54, 1.807) is 6.92 Å². The minimum atomic E-state index is -0.344. The third-order valence-corrected chi connectivity index (χ3v) is 2.97. The predicted molar refractivity (Wildman–Crippen MR) is 85.2 cm³/mol. The number of esters is 1. The van der Waals surface area contributed by atoms with Gasteiger partial charge in [-0.25, -0.2) is 4.79 Å². The molecule has 0 amide bonds.